The number of pyridine rings is 1. The number of likely N-dealkylation sites (N-methyl/N-ethyl adjacent to an activating group) is 1. The molecule has 144 valence electrons. The average molecular weight is 373 g/mol. The topological polar surface area (TPSA) is 94.1 Å². The number of halogens is 3. The Bertz CT molecular complexity index is 741. The molecule has 0 unspecified atom stereocenters. The van der Waals surface area contributed by atoms with Crippen LogP contribution in [0.2, 0.25) is 0 Å². The molecule has 0 amide bonds. The van der Waals surface area contributed by atoms with E-state index in [1.807, 2.05) is 13.1 Å². The van der Waals surface area contributed by atoms with Crippen molar-refractivity contribution in [2.75, 3.05) is 20.1 Å². The second-order valence-corrected chi connectivity index (χ2v) is 6.36. The molecule has 0 spiro atoms. The van der Waals surface area contributed by atoms with Gasteiger partial charge in [-0.25, -0.2) is 9.78 Å². The van der Waals surface area contributed by atoms with Gasteiger partial charge in [0.15, 0.2) is 5.65 Å². The fourth-order valence-electron chi connectivity index (χ4n) is 2.81. The number of rotatable bonds is 4. The third-order valence-electron chi connectivity index (χ3n) is 4.05. The number of nitrogens with zero attached hydrogens (tertiary/aromatic N) is 3. The Kier molecular flexibility index (Phi) is 6.54. The first-order valence-corrected chi connectivity index (χ1v) is 8.18. The van der Waals surface area contributed by atoms with Gasteiger partial charge in [-0.05, 0) is 45.0 Å². The van der Waals surface area contributed by atoms with Crippen LogP contribution in [0.1, 0.15) is 24.1 Å². The highest BCUT2D eigenvalue weighted by Gasteiger charge is 2.38. The molecule has 10 heteroatoms. The van der Waals surface area contributed by atoms with Gasteiger partial charge in [0.05, 0.1) is 0 Å². The number of aliphatic carboxylic acids is 1. The Morgan fingerprint density at radius 2 is 2.15 bits per heavy atom. The summed E-state index contributed by atoms with van der Waals surface area (Å²) in [6, 6.07) is 2.84. The molecular weight excluding hydrogens is 351 g/mol. The fourth-order valence-corrected chi connectivity index (χ4v) is 2.81. The zero-order valence-electron chi connectivity index (χ0n) is 14.6. The molecule has 0 aromatic carbocycles. The lowest BCUT2D eigenvalue weighted by atomic mass is 10.2. The number of carboxylic acids is 1. The molecule has 1 aliphatic heterocycles. The van der Waals surface area contributed by atoms with Crippen LogP contribution in [0.3, 0.4) is 0 Å². The zero-order chi connectivity index (χ0) is 19.3. The summed E-state index contributed by atoms with van der Waals surface area (Å²) in [6.45, 7) is 5.24. The van der Waals surface area contributed by atoms with E-state index < -0.39 is 12.1 Å². The molecule has 2 aromatic rings. The van der Waals surface area contributed by atoms with Gasteiger partial charge in [0.1, 0.15) is 0 Å². The molecule has 0 bridgehead atoms. The van der Waals surface area contributed by atoms with E-state index in [1.165, 1.54) is 24.9 Å². The Morgan fingerprint density at radius 1 is 1.46 bits per heavy atom. The maximum atomic E-state index is 10.6. The average Bonchev–Trinajstić information content (AvgIpc) is 3.17. The summed E-state index contributed by atoms with van der Waals surface area (Å²) in [7, 11) is 2.17. The van der Waals surface area contributed by atoms with Crippen molar-refractivity contribution in [2.45, 2.75) is 38.5 Å². The van der Waals surface area contributed by atoms with E-state index in [4.69, 9.17) is 9.90 Å². The van der Waals surface area contributed by atoms with Gasteiger partial charge in [-0.2, -0.15) is 18.3 Å². The van der Waals surface area contributed by atoms with Gasteiger partial charge in [0.25, 0.3) is 0 Å². The van der Waals surface area contributed by atoms with Gasteiger partial charge in [0.2, 0.25) is 0 Å². The van der Waals surface area contributed by atoms with E-state index >= 15 is 0 Å². The lowest BCUT2D eigenvalue weighted by Gasteiger charge is -2.20. The quantitative estimate of drug-likeness (QED) is 0.760. The van der Waals surface area contributed by atoms with Crippen LogP contribution >= 0.6 is 0 Å². The van der Waals surface area contributed by atoms with Gasteiger partial charge in [-0.1, -0.05) is 0 Å². The van der Waals surface area contributed by atoms with E-state index in [1.54, 1.807) is 0 Å². The first-order valence-electron chi connectivity index (χ1n) is 8.18. The summed E-state index contributed by atoms with van der Waals surface area (Å²) in [4.78, 5) is 15.7. The minimum Gasteiger partial charge on any atom is -0.475 e. The van der Waals surface area contributed by atoms with Crippen molar-refractivity contribution in [1.29, 1.82) is 0 Å². The van der Waals surface area contributed by atoms with E-state index in [2.05, 4.69) is 38.5 Å². The minimum absolute atomic E-state index is 0.650. The van der Waals surface area contributed by atoms with Crippen LogP contribution in [0.4, 0.5) is 13.2 Å². The largest absolute Gasteiger partial charge is 0.490 e. The van der Waals surface area contributed by atoms with Crippen molar-refractivity contribution in [3.8, 4) is 0 Å². The molecule has 26 heavy (non-hydrogen) atoms. The number of nitrogens with one attached hydrogen (secondary N) is 2. The van der Waals surface area contributed by atoms with Crippen LogP contribution in [0.25, 0.3) is 11.0 Å². The van der Waals surface area contributed by atoms with Crippen molar-refractivity contribution in [2.24, 2.45) is 0 Å². The molecule has 1 saturated heterocycles. The molecule has 1 atom stereocenters. The SMILES string of the molecule is Cc1[nH]nc2ncc(CN(C)C[C@H]3CCCN3)cc12.O=C(O)C(F)(F)F. The zero-order valence-corrected chi connectivity index (χ0v) is 14.6. The number of aryl methyl sites for hydroxylation is 1. The summed E-state index contributed by atoms with van der Waals surface area (Å²) >= 11 is 0. The van der Waals surface area contributed by atoms with Crippen molar-refractivity contribution >= 4 is 17.0 Å². The highest BCUT2D eigenvalue weighted by Crippen LogP contribution is 2.16. The highest BCUT2D eigenvalue weighted by atomic mass is 19.4. The van der Waals surface area contributed by atoms with Crippen molar-refractivity contribution < 1.29 is 23.1 Å². The van der Waals surface area contributed by atoms with Gasteiger partial charge in [-0.3, -0.25) is 5.10 Å². The van der Waals surface area contributed by atoms with E-state index in [0.717, 1.165) is 29.8 Å². The first-order chi connectivity index (χ1) is 12.2. The number of carboxylic acid groups (broad SMARTS) is 1. The maximum absolute atomic E-state index is 10.6. The monoisotopic (exact) mass is 373 g/mol. The van der Waals surface area contributed by atoms with Gasteiger partial charge in [0, 0.05) is 36.4 Å². The maximum Gasteiger partial charge on any atom is 0.490 e. The lowest BCUT2D eigenvalue weighted by molar-refractivity contribution is -0.192. The van der Waals surface area contributed by atoms with Crippen molar-refractivity contribution in [1.82, 2.24) is 25.4 Å². The van der Waals surface area contributed by atoms with Crippen LogP contribution in [0.15, 0.2) is 12.3 Å². The van der Waals surface area contributed by atoms with Gasteiger partial charge < -0.3 is 15.3 Å². The van der Waals surface area contributed by atoms with Gasteiger partial charge >= 0.3 is 12.1 Å². The Balaban J connectivity index is 0.000000298. The predicted octanol–water partition coefficient (Wildman–Crippen LogP) is 2.08. The number of hydrogen-bond donors (Lipinski definition) is 3. The van der Waals surface area contributed by atoms with Crippen molar-refractivity contribution in [3.63, 3.8) is 0 Å². The second kappa shape index (κ2) is 8.45. The van der Waals surface area contributed by atoms with Crippen LogP contribution in [0, 0.1) is 6.92 Å². The number of aromatic nitrogens is 3. The molecule has 1 aliphatic rings. The Hall–Kier alpha value is -2.20. The Labute approximate surface area is 148 Å². The molecule has 0 saturated carbocycles. The number of alkyl halides is 3. The third-order valence-corrected chi connectivity index (χ3v) is 4.05. The van der Waals surface area contributed by atoms with E-state index in [0.29, 0.717) is 6.04 Å². The Morgan fingerprint density at radius 3 is 2.73 bits per heavy atom. The van der Waals surface area contributed by atoms with Crippen LogP contribution in [0.5, 0.6) is 0 Å². The van der Waals surface area contributed by atoms with E-state index in [9.17, 15) is 13.2 Å². The summed E-state index contributed by atoms with van der Waals surface area (Å²) in [5.41, 5.74) is 3.14. The molecule has 7 nitrogen and oxygen atoms in total. The molecule has 1 fully saturated rings. The molecule has 3 heterocycles. The van der Waals surface area contributed by atoms with Crippen LogP contribution in [-0.4, -0.2) is 63.5 Å². The number of aromatic amines is 1. The smallest absolute Gasteiger partial charge is 0.475 e. The third kappa shape index (κ3) is 5.67. The molecule has 3 rings (SSSR count). The lowest BCUT2D eigenvalue weighted by Crippen LogP contribution is -2.34. The van der Waals surface area contributed by atoms with Crippen LogP contribution in [-0.2, 0) is 11.3 Å². The highest BCUT2D eigenvalue weighted by molar-refractivity contribution is 5.77. The molecule has 3 N–H and O–H groups in total. The molecule has 2 aromatic heterocycles. The summed E-state index contributed by atoms with van der Waals surface area (Å²) in [5.74, 6) is -2.76. The fraction of sp³-hybridized carbons (Fsp3) is 0.562. The normalized spacial score (nSPS) is 17.4. The number of H-pyrrole nitrogens is 1. The minimum atomic E-state index is -5.08. The standard InChI is InChI=1S/C14H21N5.C2HF3O2/c1-10-13-6-11(7-16-14(13)18-17-10)8-19(2)9-12-4-3-5-15-12;3-2(4,5)1(6)7/h6-7,12,15H,3-5,8-9H2,1-2H3,(H,16,17,18);(H,6,7)/t12-;/m1./s1. The number of hydrogen-bond acceptors (Lipinski definition) is 5. The first kappa shape index (κ1) is 20.1. The predicted molar refractivity (Wildman–Crippen MR) is 89.7 cm³/mol. The van der Waals surface area contributed by atoms with E-state index in [-0.39, 0.29) is 0 Å². The summed E-state index contributed by atoms with van der Waals surface area (Å²) < 4.78 is 31.7. The second-order valence-electron chi connectivity index (χ2n) is 6.36. The van der Waals surface area contributed by atoms with Crippen LogP contribution < -0.4 is 5.32 Å². The van der Waals surface area contributed by atoms with Crippen molar-refractivity contribution in [3.05, 3.63) is 23.5 Å². The number of fused-ring (bicyclic) bond motifs is 1. The molecular formula is C16H22F3N5O2. The summed E-state index contributed by atoms with van der Waals surface area (Å²) in [6.07, 6.45) is -0.552. The molecule has 0 aliphatic carbocycles. The molecule has 0 radical (unpaired) electrons. The number of carbonyl (C=O) groups is 1. The summed E-state index contributed by atoms with van der Waals surface area (Å²) in [5, 5.41) is 18.9. The van der Waals surface area contributed by atoms with Gasteiger partial charge in [-0.15, -0.1) is 0 Å².